The number of aromatic nitrogens is 1. The van der Waals surface area contributed by atoms with Crippen molar-refractivity contribution in [2.24, 2.45) is 0 Å². The summed E-state index contributed by atoms with van der Waals surface area (Å²) in [4.78, 5) is 29.4. The average molecular weight is 430 g/mol. The molecule has 0 spiro atoms. The lowest BCUT2D eigenvalue weighted by Gasteiger charge is -2.25. The largest absolute Gasteiger partial charge is 0.497 e. The fourth-order valence-electron chi connectivity index (χ4n) is 3.27. The first-order chi connectivity index (χ1) is 13.9. The Hall–Kier alpha value is -2.84. The van der Waals surface area contributed by atoms with E-state index in [0.717, 1.165) is 5.39 Å². The molecule has 1 aliphatic heterocycles. The summed E-state index contributed by atoms with van der Waals surface area (Å²) in [5.74, 6) is 0.597. The molecule has 0 aliphatic carbocycles. The first kappa shape index (κ1) is 19.5. The van der Waals surface area contributed by atoms with Gasteiger partial charge < -0.3 is 4.74 Å². The molecule has 1 fully saturated rings. The minimum atomic E-state index is -0.469. The van der Waals surface area contributed by atoms with E-state index in [-0.39, 0.29) is 22.2 Å². The van der Waals surface area contributed by atoms with Crippen LogP contribution in [0, 0.1) is 10.1 Å². The number of non-ortho nitro benzene ring substituents is 1. The molecule has 7 nitrogen and oxygen atoms in total. The van der Waals surface area contributed by atoms with Gasteiger partial charge in [0.15, 0.2) is 0 Å². The quantitative estimate of drug-likeness (QED) is 0.330. The lowest BCUT2D eigenvalue weighted by atomic mass is 10.1. The van der Waals surface area contributed by atoms with E-state index in [1.54, 1.807) is 30.2 Å². The van der Waals surface area contributed by atoms with Crippen molar-refractivity contribution in [3.8, 4) is 5.75 Å². The third-order valence-electron chi connectivity index (χ3n) is 4.76. The Morgan fingerprint density at radius 2 is 1.93 bits per heavy atom. The van der Waals surface area contributed by atoms with Crippen LogP contribution in [0.3, 0.4) is 0 Å². The Kier molecular flexibility index (Phi) is 5.06. The van der Waals surface area contributed by atoms with Crippen LogP contribution in [0.5, 0.6) is 5.75 Å². The molecule has 0 radical (unpaired) electrons. The van der Waals surface area contributed by atoms with E-state index in [9.17, 15) is 14.9 Å². The van der Waals surface area contributed by atoms with Gasteiger partial charge in [0.25, 0.3) is 5.69 Å². The highest BCUT2D eigenvalue weighted by atomic mass is 35.5. The number of anilines is 1. The van der Waals surface area contributed by atoms with Gasteiger partial charge in [0.1, 0.15) is 16.3 Å². The number of fused-ring (bicyclic) bond motifs is 1. The third kappa shape index (κ3) is 3.49. The van der Waals surface area contributed by atoms with Crippen molar-refractivity contribution in [2.75, 3.05) is 12.0 Å². The highest BCUT2D eigenvalue weighted by Crippen LogP contribution is 2.47. The predicted molar refractivity (Wildman–Crippen MR) is 114 cm³/mol. The molecule has 0 bridgehead atoms. The van der Waals surface area contributed by atoms with Crippen LogP contribution >= 0.6 is 23.4 Å². The molecule has 1 aromatic heterocycles. The number of nitrogens with zero attached hydrogens (tertiary/aromatic N) is 3. The molecule has 0 saturated carbocycles. The topological polar surface area (TPSA) is 85.6 Å². The first-order valence-corrected chi connectivity index (χ1v) is 10.1. The average Bonchev–Trinajstić information content (AvgIpc) is 3.01. The smallest absolute Gasteiger partial charge is 0.269 e. The normalized spacial score (nSPS) is 19.0. The Morgan fingerprint density at radius 1 is 1.21 bits per heavy atom. The molecule has 4 rings (SSSR count). The van der Waals surface area contributed by atoms with Gasteiger partial charge in [0, 0.05) is 34.8 Å². The van der Waals surface area contributed by atoms with Crippen molar-refractivity contribution < 1.29 is 14.5 Å². The number of carbonyl (C=O) groups is 1. The van der Waals surface area contributed by atoms with E-state index in [0.29, 0.717) is 27.7 Å². The molecule has 2 aromatic carbocycles. The van der Waals surface area contributed by atoms with Crippen molar-refractivity contribution in [1.29, 1.82) is 0 Å². The summed E-state index contributed by atoms with van der Waals surface area (Å²) in [7, 11) is 1.58. The molecule has 1 amide bonds. The second kappa shape index (κ2) is 7.53. The molecule has 2 heterocycles. The second-order valence-corrected chi connectivity index (χ2v) is 8.32. The Labute approximate surface area is 175 Å². The van der Waals surface area contributed by atoms with Crippen molar-refractivity contribution in [2.45, 2.75) is 17.5 Å². The number of hydrogen-bond acceptors (Lipinski definition) is 6. The van der Waals surface area contributed by atoms with Crippen LogP contribution in [-0.4, -0.2) is 28.2 Å². The van der Waals surface area contributed by atoms with E-state index in [1.165, 1.54) is 23.9 Å². The van der Waals surface area contributed by atoms with E-state index in [2.05, 4.69) is 4.98 Å². The summed E-state index contributed by atoms with van der Waals surface area (Å²) >= 11 is 7.97. The van der Waals surface area contributed by atoms with Crippen molar-refractivity contribution >= 4 is 51.5 Å². The van der Waals surface area contributed by atoms with Crippen LogP contribution in [0.25, 0.3) is 10.9 Å². The predicted octanol–water partition coefficient (Wildman–Crippen LogP) is 4.97. The fraction of sp³-hybridized carbons (Fsp3) is 0.200. The number of amides is 1. The van der Waals surface area contributed by atoms with Gasteiger partial charge in [-0.05, 0) is 37.3 Å². The summed E-state index contributed by atoms with van der Waals surface area (Å²) in [6.07, 6.45) is 0. The van der Waals surface area contributed by atoms with Crippen LogP contribution in [0.4, 0.5) is 11.4 Å². The van der Waals surface area contributed by atoms with E-state index in [4.69, 9.17) is 16.3 Å². The molecule has 148 valence electrons. The molecule has 2 unspecified atom stereocenters. The highest BCUT2D eigenvalue weighted by molar-refractivity contribution is 8.01. The molecule has 29 heavy (non-hydrogen) atoms. The van der Waals surface area contributed by atoms with Gasteiger partial charge in [-0.1, -0.05) is 11.6 Å². The van der Waals surface area contributed by atoms with Gasteiger partial charge in [-0.2, -0.15) is 0 Å². The van der Waals surface area contributed by atoms with Gasteiger partial charge >= 0.3 is 0 Å². The van der Waals surface area contributed by atoms with Crippen LogP contribution in [0.1, 0.15) is 17.9 Å². The number of ether oxygens (including phenoxy) is 1. The van der Waals surface area contributed by atoms with Crippen molar-refractivity contribution in [3.05, 3.63) is 69.4 Å². The maximum Gasteiger partial charge on any atom is 0.269 e. The van der Waals surface area contributed by atoms with E-state index < -0.39 is 4.92 Å². The van der Waals surface area contributed by atoms with Crippen molar-refractivity contribution in [3.63, 3.8) is 0 Å². The van der Waals surface area contributed by atoms with Crippen LogP contribution in [-0.2, 0) is 4.79 Å². The summed E-state index contributed by atoms with van der Waals surface area (Å²) in [6, 6.07) is 13.4. The summed E-state index contributed by atoms with van der Waals surface area (Å²) in [5, 5.41) is 11.5. The van der Waals surface area contributed by atoms with Crippen LogP contribution in [0.15, 0.2) is 48.5 Å². The van der Waals surface area contributed by atoms with Gasteiger partial charge in [-0.3, -0.25) is 19.8 Å². The number of halogens is 1. The number of hydrogen-bond donors (Lipinski definition) is 0. The number of carbonyl (C=O) groups excluding carboxylic acids is 1. The fourth-order valence-corrected chi connectivity index (χ4v) is 4.88. The SMILES string of the molecule is COc1ccc2cc(C3SC(C)C(=O)N3c3ccc([N+](=O)[O-])cc3)c(Cl)nc2c1. The first-order valence-electron chi connectivity index (χ1n) is 8.76. The Morgan fingerprint density at radius 3 is 2.59 bits per heavy atom. The zero-order chi connectivity index (χ0) is 20.7. The minimum absolute atomic E-state index is 0.0306. The Bertz CT molecular complexity index is 1120. The molecule has 2 atom stereocenters. The van der Waals surface area contributed by atoms with Crippen LogP contribution in [0.2, 0.25) is 5.15 Å². The number of benzene rings is 2. The van der Waals surface area contributed by atoms with E-state index >= 15 is 0 Å². The van der Waals surface area contributed by atoms with Crippen LogP contribution < -0.4 is 9.64 Å². The zero-order valence-corrected chi connectivity index (χ0v) is 17.1. The molecule has 1 aliphatic rings. The maximum absolute atomic E-state index is 12.9. The Balaban J connectivity index is 1.78. The van der Waals surface area contributed by atoms with Crippen molar-refractivity contribution in [1.82, 2.24) is 4.98 Å². The number of rotatable bonds is 4. The van der Waals surface area contributed by atoms with Gasteiger partial charge in [0.2, 0.25) is 5.91 Å². The highest BCUT2D eigenvalue weighted by Gasteiger charge is 2.40. The molecular formula is C20H16ClN3O4S. The second-order valence-electron chi connectivity index (χ2n) is 6.54. The molecule has 0 N–H and O–H groups in total. The van der Waals surface area contributed by atoms with E-state index in [1.807, 2.05) is 25.1 Å². The number of pyridine rings is 1. The lowest BCUT2D eigenvalue weighted by Crippen LogP contribution is -2.30. The number of nitro groups is 1. The van der Waals surface area contributed by atoms with Gasteiger partial charge in [-0.25, -0.2) is 4.98 Å². The zero-order valence-electron chi connectivity index (χ0n) is 15.5. The molecule has 9 heteroatoms. The van der Waals surface area contributed by atoms with Gasteiger partial charge in [0.05, 0.1) is 22.8 Å². The lowest BCUT2D eigenvalue weighted by molar-refractivity contribution is -0.384. The monoisotopic (exact) mass is 429 g/mol. The maximum atomic E-state index is 12.9. The summed E-state index contributed by atoms with van der Waals surface area (Å²) in [6.45, 7) is 1.83. The number of thioether (sulfide) groups is 1. The number of methoxy groups -OCH3 is 1. The molecular weight excluding hydrogens is 414 g/mol. The van der Waals surface area contributed by atoms with Gasteiger partial charge in [-0.15, -0.1) is 11.8 Å². The summed E-state index contributed by atoms with van der Waals surface area (Å²) in [5.41, 5.74) is 1.96. The summed E-state index contributed by atoms with van der Waals surface area (Å²) < 4.78 is 5.23. The number of nitro benzene ring substituents is 1. The minimum Gasteiger partial charge on any atom is -0.497 e. The standard InChI is InChI=1S/C20H16ClN3O4S/c1-11-19(25)23(13-4-6-14(7-5-13)24(26)27)20(29-11)16-9-12-3-8-15(28-2)10-17(12)22-18(16)21/h3-11,20H,1-2H3. The third-order valence-corrected chi connectivity index (χ3v) is 6.40. The molecule has 1 saturated heterocycles. The molecule has 3 aromatic rings.